The van der Waals surface area contributed by atoms with Crippen molar-refractivity contribution in [3.8, 4) is 0 Å². The summed E-state index contributed by atoms with van der Waals surface area (Å²) in [5.41, 5.74) is 0.767. The number of amides is 1. The fourth-order valence-corrected chi connectivity index (χ4v) is 1.44. The predicted octanol–water partition coefficient (Wildman–Crippen LogP) is 0.178. The summed E-state index contributed by atoms with van der Waals surface area (Å²) in [6.45, 7) is -0.0261. The minimum Gasteiger partial charge on any atom is -0.468 e. The van der Waals surface area contributed by atoms with Gasteiger partial charge in [0.15, 0.2) is 17.0 Å². The number of carbonyl (C=O) groups is 2. The van der Waals surface area contributed by atoms with E-state index in [1.54, 1.807) is 0 Å². The Hall–Kier alpha value is -2.71. The molecule has 0 atom stereocenters. The van der Waals surface area contributed by atoms with Gasteiger partial charge in [0.2, 0.25) is 0 Å². The number of hydrogen-bond donors (Lipinski definition) is 1. The van der Waals surface area contributed by atoms with E-state index in [2.05, 4.69) is 29.7 Å². The second kappa shape index (κ2) is 5.29. The normalized spacial score (nSPS) is 10.2. The molecule has 2 heterocycles. The van der Waals surface area contributed by atoms with Crippen LogP contribution in [0.5, 0.6) is 0 Å². The summed E-state index contributed by atoms with van der Waals surface area (Å²) in [5, 5.41) is 2.41. The molecule has 0 aromatic carbocycles. The van der Waals surface area contributed by atoms with Crippen LogP contribution in [0.4, 0.5) is 10.6 Å². The fraction of sp³-hybridized carbons (Fsp3) is 0.300. The third-order valence-electron chi connectivity index (χ3n) is 2.33. The van der Waals surface area contributed by atoms with Crippen LogP contribution < -0.4 is 5.32 Å². The van der Waals surface area contributed by atoms with E-state index < -0.39 is 12.1 Å². The molecule has 0 saturated carbocycles. The second-order valence-corrected chi connectivity index (χ2v) is 3.46. The summed E-state index contributed by atoms with van der Waals surface area (Å²) in [6, 6.07) is 0. The highest BCUT2D eigenvalue weighted by molar-refractivity contribution is 5.93. The van der Waals surface area contributed by atoms with Gasteiger partial charge in [-0.1, -0.05) is 0 Å². The van der Waals surface area contributed by atoms with Gasteiger partial charge >= 0.3 is 12.1 Å². The SMILES string of the molecule is COC(=O)Cn1cnc2c(NC(=O)OC)ncnc21. The van der Waals surface area contributed by atoms with Gasteiger partial charge in [0, 0.05) is 0 Å². The molecular formula is C10H11N5O4. The number of imidazole rings is 1. The van der Waals surface area contributed by atoms with E-state index in [1.165, 1.54) is 31.4 Å². The number of methoxy groups -OCH3 is 2. The molecule has 0 fully saturated rings. The Bertz CT molecular complexity index is 623. The lowest BCUT2D eigenvalue weighted by molar-refractivity contribution is -0.141. The molecule has 2 aromatic heterocycles. The van der Waals surface area contributed by atoms with Crippen molar-refractivity contribution in [1.29, 1.82) is 0 Å². The highest BCUT2D eigenvalue weighted by Crippen LogP contribution is 2.17. The van der Waals surface area contributed by atoms with Gasteiger partial charge in [0.05, 0.1) is 20.5 Å². The molecule has 0 radical (unpaired) electrons. The fourth-order valence-electron chi connectivity index (χ4n) is 1.44. The average Bonchev–Trinajstić information content (AvgIpc) is 2.83. The summed E-state index contributed by atoms with van der Waals surface area (Å²) < 4.78 is 10.5. The van der Waals surface area contributed by atoms with E-state index in [0.29, 0.717) is 11.2 Å². The smallest absolute Gasteiger partial charge is 0.412 e. The number of anilines is 1. The number of carbonyl (C=O) groups excluding carboxylic acids is 2. The first-order chi connectivity index (χ1) is 9.15. The zero-order valence-corrected chi connectivity index (χ0v) is 10.3. The molecule has 1 N–H and O–H groups in total. The van der Waals surface area contributed by atoms with Crippen molar-refractivity contribution in [2.75, 3.05) is 19.5 Å². The van der Waals surface area contributed by atoms with Crippen LogP contribution >= 0.6 is 0 Å². The Morgan fingerprint density at radius 3 is 2.74 bits per heavy atom. The van der Waals surface area contributed by atoms with E-state index in [1.807, 2.05) is 0 Å². The zero-order chi connectivity index (χ0) is 13.8. The maximum atomic E-state index is 11.2. The van der Waals surface area contributed by atoms with E-state index in [-0.39, 0.29) is 12.4 Å². The Morgan fingerprint density at radius 2 is 2.05 bits per heavy atom. The summed E-state index contributed by atoms with van der Waals surface area (Å²) in [5.74, 6) is -0.221. The highest BCUT2D eigenvalue weighted by Gasteiger charge is 2.14. The van der Waals surface area contributed by atoms with E-state index >= 15 is 0 Å². The van der Waals surface area contributed by atoms with Gasteiger partial charge in [-0.05, 0) is 0 Å². The summed E-state index contributed by atoms with van der Waals surface area (Å²) in [6.07, 6.45) is 2.00. The molecule has 0 saturated heterocycles. The lowest BCUT2D eigenvalue weighted by Gasteiger charge is -2.04. The number of esters is 1. The number of aromatic nitrogens is 4. The van der Waals surface area contributed by atoms with Crippen LogP contribution in [0.2, 0.25) is 0 Å². The molecular weight excluding hydrogens is 254 g/mol. The molecule has 2 aromatic rings. The van der Waals surface area contributed by atoms with Gasteiger partial charge in [-0.2, -0.15) is 0 Å². The van der Waals surface area contributed by atoms with Crippen molar-refractivity contribution in [1.82, 2.24) is 19.5 Å². The summed E-state index contributed by atoms with van der Waals surface area (Å²) >= 11 is 0. The van der Waals surface area contributed by atoms with Gasteiger partial charge in [-0.3, -0.25) is 10.1 Å². The Labute approximate surface area is 107 Å². The van der Waals surface area contributed by atoms with Gasteiger partial charge in [-0.25, -0.2) is 19.7 Å². The lowest BCUT2D eigenvalue weighted by Crippen LogP contribution is -2.13. The van der Waals surface area contributed by atoms with E-state index in [0.717, 1.165) is 0 Å². The number of rotatable bonds is 3. The quantitative estimate of drug-likeness (QED) is 0.788. The van der Waals surface area contributed by atoms with E-state index in [9.17, 15) is 9.59 Å². The van der Waals surface area contributed by atoms with Crippen molar-refractivity contribution in [2.24, 2.45) is 0 Å². The predicted molar refractivity (Wildman–Crippen MR) is 63.4 cm³/mol. The first-order valence-electron chi connectivity index (χ1n) is 5.23. The molecule has 0 aliphatic carbocycles. The Kier molecular flexibility index (Phi) is 3.55. The molecule has 9 heteroatoms. The molecule has 100 valence electrons. The number of ether oxygens (including phenoxy) is 2. The van der Waals surface area contributed by atoms with Gasteiger partial charge in [0.25, 0.3) is 0 Å². The van der Waals surface area contributed by atoms with Crippen LogP contribution in [0.1, 0.15) is 0 Å². The van der Waals surface area contributed by atoms with Crippen molar-refractivity contribution in [3.05, 3.63) is 12.7 Å². The third kappa shape index (κ3) is 2.59. The maximum Gasteiger partial charge on any atom is 0.412 e. The maximum absolute atomic E-state index is 11.2. The average molecular weight is 265 g/mol. The zero-order valence-electron chi connectivity index (χ0n) is 10.3. The summed E-state index contributed by atoms with van der Waals surface area (Å²) in [4.78, 5) is 34.3. The standard InChI is InChI=1S/C10H11N5O4/c1-18-6(16)3-15-5-13-7-8(14-10(17)19-2)11-4-12-9(7)15/h4-5H,3H2,1-2H3,(H,11,12,14,17). The van der Waals surface area contributed by atoms with Gasteiger partial charge < -0.3 is 14.0 Å². The number of nitrogens with one attached hydrogen (secondary N) is 1. The van der Waals surface area contributed by atoms with Crippen molar-refractivity contribution < 1.29 is 19.1 Å². The Morgan fingerprint density at radius 1 is 1.26 bits per heavy atom. The molecule has 19 heavy (non-hydrogen) atoms. The largest absolute Gasteiger partial charge is 0.468 e. The first-order valence-corrected chi connectivity index (χ1v) is 5.23. The molecule has 0 bridgehead atoms. The van der Waals surface area contributed by atoms with Crippen molar-refractivity contribution in [2.45, 2.75) is 6.54 Å². The van der Waals surface area contributed by atoms with Crippen molar-refractivity contribution in [3.63, 3.8) is 0 Å². The van der Waals surface area contributed by atoms with Crippen LogP contribution in [0, 0.1) is 0 Å². The van der Waals surface area contributed by atoms with Gasteiger partial charge in [0.1, 0.15) is 12.9 Å². The first kappa shape index (κ1) is 12.7. The van der Waals surface area contributed by atoms with E-state index in [4.69, 9.17) is 0 Å². The molecule has 0 spiro atoms. The molecule has 0 unspecified atom stereocenters. The van der Waals surface area contributed by atoms with Crippen LogP contribution in [-0.2, 0) is 20.8 Å². The van der Waals surface area contributed by atoms with Crippen LogP contribution in [0.15, 0.2) is 12.7 Å². The monoisotopic (exact) mass is 265 g/mol. The van der Waals surface area contributed by atoms with Crippen LogP contribution in [-0.4, -0.2) is 45.8 Å². The van der Waals surface area contributed by atoms with Crippen molar-refractivity contribution >= 4 is 29.0 Å². The molecule has 1 amide bonds. The lowest BCUT2D eigenvalue weighted by atomic mass is 10.5. The topological polar surface area (TPSA) is 108 Å². The molecule has 9 nitrogen and oxygen atoms in total. The molecule has 0 aliphatic heterocycles. The third-order valence-corrected chi connectivity index (χ3v) is 2.33. The Balaban J connectivity index is 2.36. The van der Waals surface area contributed by atoms with Crippen LogP contribution in [0.3, 0.4) is 0 Å². The second-order valence-electron chi connectivity index (χ2n) is 3.46. The van der Waals surface area contributed by atoms with Crippen LogP contribution in [0.25, 0.3) is 11.2 Å². The van der Waals surface area contributed by atoms with Gasteiger partial charge in [-0.15, -0.1) is 0 Å². The highest BCUT2D eigenvalue weighted by atomic mass is 16.5. The summed E-state index contributed by atoms with van der Waals surface area (Å²) in [7, 11) is 2.53. The number of nitrogens with zero attached hydrogens (tertiary/aromatic N) is 4. The molecule has 0 aliphatic rings. The molecule has 2 rings (SSSR count). The number of hydrogen-bond acceptors (Lipinski definition) is 7. The number of fused-ring (bicyclic) bond motifs is 1. The minimum atomic E-state index is -0.664. The minimum absolute atomic E-state index is 0.0261.